The number of hydrogen-bond donors (Lipinski definition) is 0. The fourth-order valence-corrected chi connectivity index (χ4v) is 3.56. The van der Waals surface area contributed by atoms with E-state index in [2.05, 4.69) is 31.7 Å². The van der Waals surface area contributed by atoms with Crippen LogP contribution in [-0.2, 0) is 5.41 Å². The van der Waals surface area contributed by atoms with Gasteiger partial charge < -0.3 is 0 Å². The molecule has 3 aromatic rings. The molecule has 110 valence electrons. The second kappa shape index (κ2) is 4.29. The van der Waals surface area contributed by atoms with E-state index >= 15 is 0 Å². The van der Waals surface area contributed by atoms with Gasteiger partial charge in [-0.25, -0.2) is 0 Å². The number of halogens is 1. The number of aromatic nitrogens is 4. The summed E-state index contributed by atoms with van der Waals surface area (Å²) in [4.78, 5) is 4.53. The molecule has 0 radical (unpaired) electrons. The van der Waals surface area contributed by atoms with Crippen LogP contribution in [0.1, 0.15) is 48.7 Å². The standard InChI is InChI=1S/C17H15ClN4/c18-13-3-1-2-12(10-13)17(6-7-17)16-21-20-15-14(11-4-5-11)19-8-9-22(15)16/h1-3,8-11H,4-7H2. The molecule has 0 saturated heterocycles. The van der Waals surface area contributed by atoms with E-state index in [1.807, 2.05) is 24.5 Å². The van der Waals surface area contributed by atoms with Crippen LogP contribution in [0.25, 0.3) is 5.65 Å². The van der Waals surface area contributed by atoms with Gasteiger partial charge in [-0.2, -0.15) is 0 Å². The molecule has 2 aliphatic rings. The average Bonchev–Trinajstić information content (AvgIpc) is 3.45. The number of hydrogen-bond acceptors (Lipinski definition) is 3. The highest BCUT2D eigenvalue weighted by Crippen LogP contribution is 2.53. The molecule has 0 amide bonds. The monoisotopic (exact) mass is 310 g/mol. The van der Waals surface area contributed by atoms with Crippen molar-refractivity contribution >= 4 is 17.2 Å². The molecule has 0 spiro atoms. The lowest BCUT2D eigenvalue weighted by atomic mass is 9.95. The lowest BCUT2D eigenvalue weighted by Crippen LogP contribution is -2.13. The van der Waals surface area contributed by atoms with E-state index in [9.17, 15) is 0 Å². The van der Waals surface area contributed by atoms with Crippen molar-refractivity contribution < 1.29 is 0 Å². The van der Waals surface area contributed by atoms with Crippen molar-refractivity contribution in [2.24, 2.45) is 0 Å². The summed E-state index contributed by atoms with van der Waals surface area (Å²) in [7, 11) is 0. The highest BCUT2D eigenvalue weighted by molar-refractivity contribution is 6.30. The van der Waals surface area contributed by atoms with Gasteiger partial charge in [0.2, 0.25) is 0 Å². The van der Waals surface area contributed by atoms with Crippen LogP contribution in [-0.4, -0.2) is 19.6 Å². The number of rotatable bonds is 3. The summed E-state index contributed by atoms with van der Waals surface area (Å²) in [6.45, 7) is 0. The van der Waals surface area contributed by atoms with Gasteiger partial charge in [-0.3, -0.25) is 9.38 Å². The van der Waals surface area contributed by atoms with Crippen molar-refractivity contribution in [2.75, 3.05) is 0 Å². The number of benzene rings is 1. The maximum absolute atomic E-state index is 6.18. The number of fused-ring (bicyclic) bond motifs is 1. The van der Waals surface area contributed by atoms with Gasteiger partial charge in [0.05, 0.1) is 11.1 Å². The summed E-state index contributed by atoms with van der Waals surface area (Å²) in [6.07, 6.45) is 8.48. The molecule has 22 heavy (non-hydrogen) atoms. The Morgan fingerprint density at radius 1 is 1.18 bits per heavy atom. The lowest BCUT2D eigenvalue weighted by Gasteiger charge is -2.14. The Morgan fingerprint density at radius 2 is 2.05 bits per heavy atom. The second-order valence-electron chi connectivity index (χ2n) is 6.40. The Bertz CT molecular complexity index is 877. The normalized spacial score (nSPS) is 19.5. The SMILES string of the molecule is Clc1cccc(C2(c3nnc4c(C5CC5)nccn34)CC2)c1. The minimum Gasteiger partial charge on any atom is -0.283 e. The average molecular weight is 311 g/mol. The summed E-state index contributed by atoms with van der Waals surface area (Å²) in [5.41, 5.74) is 3.22. The molecule has 2 aliphatic carbocycles. The first-order chi connectivity index (χ1) is 10.8. The summed E-state index contributed by atoms with van der Waals surface area (Å²) in [6, 6.07) is 8.12. The smallest absolute Gasteiger partial charge is 0.182 e. The van der Waals surface area contributed by atoms with Crippen molar-refractivity contribution in [1.82, 2.24) is 19.6 Å². The lowest BCUT2D eigenvalue weighted by molar-refractivity contribution is 0.738. The highest BCUT2D eigenvalue weighted by Gasteiger charge is 2.50. The first-order valence-electron chi connectivity index (χ1n) is 7.74. The Morgan fingerprint density at radius 3 is 2.77 bits per heavy atom. The van der Waals surface area contributed by atoms with Crippen LogP contribution in [0.4, 0.5) is 0 Å². The summed E-state index contributed by atoms with van der Waals surface area (Å²) in [5, 5.41) is 9.76. The molecule has 1 aromatic carbocycles. The van der Waals surface area contributed by atoms with E-state index in [4.69, 9.17) is 11.6 Å². The zero-order valence-corrected chi connectivity index (χ0v) is 12.8. The largest absolute Gasteiger partial charge is 0.283 e. The van der Waals surface area contributed by atoms with Gasteiger partial charge in [0.25, 0.3) is 0 Å². The van der Waals surface area contributed by atoms with Crippen LogP contribution in [0.3, 0.4) is 0 Å². The van der Waals surface area contributed by atoms with Crippen molar-refractivity contribution in [1.29, 1.82) is 0 Å². The Balaban J connectivity index is 1.69. The zero-order valence-electron chi connectivity index (χ0n) is 12.0. The molecular weight excluding hydrogens is 296 g/mol. The van der Waals surface area contributed by atoms with Gasteiger partial charge in [0.15, 0.2) is 5.65 Å². The molecule has 2 heterocycles. The van der Waals surface area contributed by atoms with Crippen LogP contribution in [0.15, 0.2) is 36.7 Å². The molecule has 0 N–H and O–H groups in total. The van der Waals surface area contributed by atoms with Crippen molar-refractivity contribution in [3.05, 3.63) is 58.8 Å². The van der Waals surface area contributed by atoms with E-state index in [0.29, 0.717) is 5.92 Å². The third-order valence-electron chi connectivity index (χ3n) is 4.87. The van der Waals surface area contributed by atoms with Crippen molar-refractivity contribution in [3.8, 4) is 0 Å². The van der Waals surface area contributed by atoms with Crippen LogP contribution >= 0.6 is 11.6 Å². The Hall–Kier alpha value is -1.94. The topological polar surface area (TPSA) is 43.1 Å². The minimum absolute atomic E-state index is 0.0352. The fourth-order valence-electron chi connectivity index (χ4n) is 3.37. The molecule has 2 aromatic heterocycles. The molecule has 2 fully saturated rings. The van der Waals surface area contributed by atoms with Gasteiger partial charge >= 0.3 is 0 Å². The van der Waals surface area contributed by atoms with E-state index < -0.39 is 0 Å². The molecule has 0 atom stereocenters. The maximum atomic E-state index is 6.18. The van der Waals surface area contributed by atoms with Gasteiger partial charge in [0, 0.05) is 23.3 Å². The summed E-state index contributed by atoms with van der Waals surface area (Å²) < 4.78 is 2.13. The maximum Gasteiger partial charge on any atom is 0.182 e. The first kappa shape index (κ1) is 12.6. The Labute approximate surface area is 133 Å². The quantitative estimate of drug-likeness (QED) is 0.740. The molecule has 0 unspecified atom stereocenters. The molecule has 0 aliphatic heterocycles. The molecule has 2 saturated carbocycles. The molecule has 0 bridgehead atoms. The van der Waals surface area contributed by atoms with Crippen molar-refractivity contribution in [3.63, 3.8) is 0 Å². The third-order valence-corrected chi connectivity index (χ3v) is 5.11. The van der Waals surface area contributed by atoms with E-state index in [-0.39, 0.29) is 5.41 Å². The molecule has 4 nitrogen and oxygen atoms in total. The van der Waals surface area contributed by atoms with E-state index in [1.165, 1.54) is 18.4 Å². The third kappa shape index (κ3) is 1.73. The predicted molar refractivity (Wildman–Crippen MR) is 84.2 cm³/mol. The Kier molecular flexibility index (Phi) is 2.46. The fraction of sp³-hybridized carbons (Fsp3) is 0.353. The van der Waals surface area contributed by atoms with E-state index in [1.54, 1.807) is 0 Å². The number of nitrogens with zero attached hydrogens (tertiary/aromatic N) is 4. The highest BCUT2D eigenvalue weighted by atomic mass is 35.5. The van der Waals surface area contributed by atoms with Gasteiger partial charge in [-0.1, -0.05) is 23.7 Å². The van der Waals surface area contributed by atoms with Gasteiger partial charge in [0.1, 0.15) is 5.82 Å². The summed E-state index contributed by atoms with van der Waals surface area (Å²) in [5.74, 6) is 1.59. The van der Waals surface area contributed by atoms with Gasteiger partial charge in [-0.05, 0) is 43.4 Å². The minimum atomic E-state index is -0.0352. The predicted octanol–water partition coefficient (Wildman–Crippen LogP) is 3.74. The first-order valence-corrected chi connectivity index (χ1v) is 8.12. The van der Waals surface area contributed by atoms with Crippen LogP contribution in [0, 0.1) is 0 Å². The van der Waals surface area contributed by atoms with E-state index in [0.717, 1.165) is 35.0 Å². The van der Waals surface area contributed by atoms with Crippen LogP contribution in [0.2, 0.25) is 5.02 Å². The molecule has 5 heteroatoms. The molecular formula is C17H15ClN4. The van der Waals surface area contributed by atoms with Crippen molar-refractivity contribution in [2.45, 2.75) is 37.0 Å². The van der Waals surface area contributed by atoms with Crippen LogP contribution < -0.4 is 0 Å². The van der Waals surface area contributed by atoms with Gasteiger partial charge in [-0.15, -0.1) is 10.2 Å². The summed E-state index contributed by atoms with van der Waals surface area (Å²) >= 11 is 6.18. The van der Waals surface area contributed by atoms with Crippen LogP contribution in [0.5, 0.6) is 0 Å². The second-order valence-corrected chi connectivity index (χ2v) is 6.83. The molecule has 5 rings (SSSR count). The zero-order chi connectivity index (χ0) is 14.7.